The quantitative estimate of drug-likeness (QED) is 0.493. The molecule has 1 aromatic carbocycles. The van der Waals surface area contributed by atoms with Crippen molar-refractivity contribution in [2.45, 2.75) is 88.5 Å². The van der Waals surface area contributed by atoms with Crippen LogP contribution >= 0.6 is 11.6 Å². The van der Waals surface area contributed by atoms with Gasteiger partial charge in [0.15, 0.2) is 0 Å². The number of nitrogens with one attached hydrogen (secondary N) is 1. The van der Waals surface area contributed by atoms with E-state index in [1.54, 1.807) is 20.8 Å². The fraction of sp³-hybridized carbons (Fsp3) is 0.720. The van der Waals surface area contributed by atoms with Gasteiger partial charge in [0.05, 0.1) is 30.9 Å². The van der Waals surface area contributed by atoms with Gasteiger partial charge in [-0.1, -0.05) is 30.3 Å². The summed E-state index contributed by atoms with van der Waals surface area (Å²) >= 11 is 5.66. The number of rotatable bonds is 8. The lowest BCUT2D eigenvalue weighted by molar-refractivity contribution is -0.0656. The molecule has 1 aromatic rings. The topological polar surface area (TPSA) is 105 Å². The molecule has 1 saturated heterocycles. The number of likely N-dealkylation sites (tertiary alicyclic amines) is 1. The molecule has 0 aromatic heterocycles. The highest BCUT2D eigenvalue weighted by molar-refractivity contribution is 7.90. The van der Waals surface area contributed by atoms with E-state index in [4.69, 9.17) is 21.1 Å². The average Bonchev–Trinajstić information content (AvgIpc) is 2.82. The number of carbonyl (C=O) groups is 1. The van der Waals surface area contributed by atoms with Crippen molar-refractivity contribution in [1.29, 1.82) is 0 Å². The Morgan fingerprint density at radius 3 is 2.43 bits per heavy atom. The summed E-state index contributed by atoms with van der Waals surface area (Å²) in [6.45, 7) is 5.32. The monoisotopic (exact) mass is 530 g/mol. The number of aliphatic hydroxyl groups excluding tert-OH is 1. The molecule has 8 nitrogen and oxygen atoms in total. The first kappa shape index (κ1) is 28.2. The number of benzene rings is 1. The molecule has 0 bridgehead atoms. The molecule has 1 amide bonds. The highest BCUT2D eigenvalue weighted by Gasteiger charge is 2.49. The lowest BCUT2D eigenvalue weighted by atomic mass is 9.82. The van der Waals surface area contributed by atoms with E-state index in [1.807, 2.05) is 6.07 Å². The number of halogens is 1. The number of ether oxygens (including phenoxy) is 2. The molecule has 1 heterocycles. The molecule has 1 saturated carbocycles. The van der Waals surface area contributed by atoms with Gasteiger partial charge in [-0.25, -0.2) is 17.9 Å². The van der Waals surface area contributed by atoms with Gasteiger partial charge < -0.3 is 19.5 Å². The summed E-state index contributed by atoms with van der Waals surface area (Å²) in [7, 11) is -3.87. The van der Waals surface area contributed by atoms with E-state index in [0.29, 0.717) is 25.3 Å². The first-order chi connectivity index (χ1) is 16.5. The summed E-state index contributed by atoms with van der Waals surface area (Å²) in [5.74, 6) is 0.496. The highest BCUT2D eigenvalue weighted by Crippen LogP contribution is 2.35. The van der Waals surface area contributed by atoms with E-state index in [2.05, 4.69) is 29.0 Å². The average molecular weight is 531 g/mol. The second-order valence-electron chi connectivity index (χ2n) is 10.7. The first-order valence-corrected chi connectivity index (χ1v) is 14.5. The third-order valence-corrected chi connectivity index (χ3v) is 8.75. The molecule has 1 aliphatic carbocycles. The van der Waals surface area contributed by atoms with Crippen LogP contribution in [0.15, 0.2) is 30.3 Å². The van der Waals surface area contributed by atoms with Crippen LogP contribution < -0.4 is 4.72 Å². The van der Waals surface area contributed by atoms with E-state index >= 15 is 0 Å². The zero-order valence-electron chi connectivity index (χ0n) is 20.9. The van der Waals surface area contributed by atoms with Crippen LogP contribution in [-0.2, 0) is 19.5 Å². The fourth-order valence-electron chi connectivity index (χ4n) is 5.16. The van der Waals surface area contributed by atoms with Crippen molar-refractivity contribution < 1.29 is 27.8 Å². The Balaban J connectivity index is 1.75. The molecule has 0 radical (unpaired) electrons. The summed E-state index contributed by atoms with van der Waals surface area (Å²) in [6, 6.07) is 9.72. The molecule has 0 spiro atoms. The van der Waals surface area contributed by atoms with E-state index in [9.17, 15) is 18.3 Å². The predicted octanol–water partition coefficient (Wildman–Crippen LogP) is 3.98. The van der Waals surface area contributed by atoms with Crippen molar-refractivity contribution in [3.8, 4) is 0 Å². The second kappa shape index (κ2) is 11.8. The van der Waals surface area contributed by atoms with E-state index < -0.39 is 45.1 Å². The van der Waals surface area contributed by atoms with Crippen LogP contribution in [0.4, 0.5) is 4.79 Å². The van der Waals surface area contributed by atoms with Crippen molar-refractivity contribution in [3.05, 3.63) is 35.9 Å². The maximum atomic E-state index is 13.1. The van der Waals surface area contributed by atoms with Crippen LogP contribution in [0, 0.1) is 0 Å². The van der Waals surface area contributed by atoms with Gasteiger partial charge in [0.25, 0.3) is 0 Å². The number of piperidine rings is 1. The first-order valence-electron chi connectivity index (χ1n) is 12.3. The van der Waals surface area contributed by atoms with Crippen molar-refractivity contribution in [1.82, 2.24) is 9.62 Å². The maximum absolute atomic E-state index is 13.1. The van der Waals surface area contributed by atoms with Crippen molar-refractivity contribution in [2.24, 2.45) is 0 Å². The van der Waals surface area contributed by atoms with Crippen LogP contribution in [0.2, 0.25) is 0 Å². The molecule has 2 unspecified atom stereocenters. The smallest absolute Gasteiger partial charge is 0.410 e. The maximum Gasteiger partial charge on any atom is 0.410 e. The van der Waals surface area contributed by atoms with Gasteiger partial charge in [-0.05, 0) is 70.8 Å². The Morgan fingerprint density at radius 2 is 1.86 bits per heavy atom. The Labute approximate surface area is 214 Å². The van der Waals surface area contributed by atoms with Crippen molar-refractivity contribution in [2.75, 3.05) is 25.0 Å². The largest absolute Gasteiger partial charge is 0.444 e. The molecule has 3 rings (SSSR count). The molecule has 198 valence electrons. The van der Waals surface area contributed by atoms with Gasteiger partial charge in [-0.3, -0.25) is 0 Å². The van der Waals surface area contributed by atoms with Crippen LogP contribution in [0.5, 0.6) is 0 Å². The minimum atomic E-state index is -3.87. The number of sulfonamides is 1. The number of aliphatic hydroxyl groups is 1. The number of carbonyl (C=O) groups excluding carboxylic acids is 1. The summed E-state index contributed by atoms with van der Waals surface area (Å²) < 4.78 is 39.3. The molecule has 2 N–H and O–H groups in total. The molecule has 10 heteroatoms. The lowest BCUT2D eigenvalue weighted by Crippen LogP contribution is -2.69. The van der Waals surface area contributed by atoms with Gasteiger partial charge in [0.2, 0.25) is 10.0 Å². The van der Waals surface area contributed by atoms with E-state index in [1.165, 1.54) is 10.5 Å². The van der Waals surface area contributed by atoms with Crippen LogP contribution in [0.25, 0.3) is 0 Å². The molecule has 1 aliphatic heterocycles. The zero-order chi connectivity index (χ0) is 25.7. The second-order valence-corrected chi connectivity index (χ2v) is 13.0. The van der Waals surface area contributed by atoms with Crippen LogP contribution in [-0.4, -0.2) is 72.8 Å². The number of hydrogen-bond donors (Lipinski definition) is 2. The Kier molecular flexibility index (Phi) is 9.48. The Bertz CT molecular complexity index is 931. The minimum Gasteiger partial charge on any atom is -0.444 e. The van der Waals surface area contributed by atoms with Gasteiger partial charge in [-0.2, -0.15) is 0 Å². The number of alkyl halides is 1. The molecular formula is C25H39ClN2O6S. The van der Waals surface area contributed by atoms with Gasteiger partial charge >= 0.3 is 6.09 Å². The third kappa shape index (κ3) is 7.55. The minimum absolute atomic E-state index is 0.00148. The van der Waals surface area contributed by atoms with Gasteiger partial charge in [0.1, 0.15) is 10.8 Å². The van der Waals surface area contributed by atoms with E-state index in [-0.39, 0.29) is 12.7 Å². The van der Waals surface area contributed by atoms with Gasteiger partial charge in [-0.15, -0.1) is 11.6 Å². The molecular weight excluding hydrogens is 492 g/mol. The SMILES string of the molecule is CC(C)(C)OC(=O)N1CCCC(CO)(NS(=O)(=O)CCl)C1COC1CCC(c2ccccc2)CC1. The number of nitrogens with zero attached hydrogens (tertiary/aromatic N) is 1. The summed E-state index contributed by atoms with van der Waals surface area (Å²) in [6.07, 6.45) is 4.05. The van der Waals surface area contributed by atoms with Crippen molar-refractivity contribution in [3.63, 3.8) is 0 Å². The summed E-state index contributed by atoms with van der Waals surface area (Å²) in [5, 5.41) is 9.76. The number of hydrogen-bond acceptors (Lipinski definition) is 6. The zero-order valence-corrected chi connectivity index (χ0v) is 22.5. The highest BCUT2D eigenvalue weighted by atomic mass is 35.5. The Hall–Kier alpha value is -1.39. The standard InChI is InChI=1S/C25H39ClN2O6S/c1-24(2,3)34-23(30)28-15-7-14-25(17-29,27-35(31,32)18-26)22(28)16-33-21-12-10-20(11-13-21)19-8-5-4-6-9-19/h4-6,8-9,20-22,27,29H,7,10-18H2,1-3H3. The summed E-state index contributed by atoms with van der Waals surface area (Å²) in [4.78, 5) is 14.6. The van der Waals surface area contributed by atoms with E-state index in [0.717, 1.165) is 25.7 Å². The fourth-order valence-corrected chi connectivity index (χ4v) is 6.30. The third-order valence-electron chi connectivity index (χ3n) is 6.88. The van der Waals surface area contributed by atoms with Gasteiger partial charge in [0, 0.05) is 6.54 Å². The number of amides is 1. The lowest BCUT2D eigenvalue weighted by Gasteiger charge is -2.49. The molecule has 2 fully saturated rings. The van der Waals surface area contributed by atoms with Crippen LogP contribution in [0.1, 0.15) is 70.8 Å². The van der Waals surface area contributed by atoms with Crippen LogP contribution in [0.3, 0.4) is 0 Å². The Morgan fingerprint density at radius 1 is 1.20 bits per heavy atom. The summed E-state index contributed by atoms with van der Waals surface area (Å²) in [5.41, 5.74) is -0.679. The predicted molar refractivity (Wildman–Crippen MR) is 136 cm³/mol. The van der Waals surface area contributed by atoms with Crippen molar-refractivity contribution >= 4 is 27.7 Å². The molecule has 2 aliphatic rings. The molecule has 35 heavy (non-hydrogen) atoms. The normalized spacial score (nSPS) is 28.0. The molecule has 2 atom stereocenters.